The molecule has 1 unspecified atom stereocenters. The number of imidazole rings is 1. The second-order valence-electron chi connectivity index (χ2n) is 5.80. The van der Waals surface area contributed by atoms with E-state index < -0.39 is 24.5 Å². The lowest BCUT2D eigenvalue weighted by Gasteiger charge is -2.17. The number of aromatic nitrogens is 2. The number of fused-ring (bicyclic) bond motifs is 3. The molecule has 0 radical (unpaired) electrons. The molecule has 1 aliphatic carbocycles. The lowest BCUT2D eigenvalue weighted by molar-refractivity contribution is -0.0505. The van der Waals surface area contributed by atoms with Crippen molar-refractivity contribution < 1.29 is 23.0 Å². The Balaban J connectivity index is 1.90. The smallest absolute Gasteiger partial charge is 0.387 e. The van der Waals surface area contributed by atoms with Crippen molar-refractivity contribution in [2.24, 2.45) is 0 Å². The Labute approximate surface area is 149 Å². The monoisotopic (exact) mass is 412 g/mol. The minimum atomic E-state index is -2.95. The highest BCUT2D eigenvalue weighted by atomic mass is 79.9. The molecular weight excluding hydrogens is 401 g/mol. The Hall–Kier alpha value is -2.06. The second kappa shape index (κ2) is 6.03. The lowest BCUT2D eigenvalue weighted by Crippen LogP contribution is -2.08. The average molecular weight is 413 g/mol. The maximum absolute atomic E-state index is 13.8. The molecule has 0 fully saturated rings. The average Bonchev–Trinajstić information content (AvgIpc) is 3.06. The summed E-state index contributed by atoms with van der Waals surface area (Å²) in [6, 6.07) is 7.73. The van der Waals surface area contributed by atoms with Crippen LogP contribution in [0.3, 0.4) is 0 Å². The molecule has 4 rings (SSSR count). The van der Waals surface area contributed by atoms with Crippen molar-refractivity contribution in [3.05, 3.63) is 63.8 Å². The standard InChI is InChI=1S/C17H12BrF3N2O2/c18-10-7-23-14(6-11(10)19)22-15-12(24)5-9(16(15)23)8-3-1-2-4-13(8)25-17(20)21/h1-4,6-7,9,12,17,24H,5H2/t9-,12?/m1/s1. The van der Waals surface area contributed by atoms with Crippen molar-refractivity contribution in [3.63, 3.8) is 0 Å². The molecule has 1 aromatic carbocycles. The zero-order valence-electron chi connectivity index (χ0n) is 12.7. The van der Waals surface area contributed by atoms with Gasteiger partial charge in [0, 0.05) is 23.7 Å². The molecule has 130 valence electrons. The minimum Gasteiger partial charge on any atom is -0.435 e. The Morgan fingerprint density at radius 3 is 2.84 bits per heavy atom. The predicted octanol–water partition coefficient (Wildman–Crippen LogP) is 4.41. The van der Waals surface area contributed by atoms with Crippen molar-refractivity contribution in [2.75, 3.05) is 0 Å². The topological polar surface area (TPSA) is 46.8 Å². The number of hydrogen-bond donors (Lipinski definition) is 1. The number of ether oxygens (including phenoxy) is 1. The molecule has 1 N–H and O–H groups in total. The fraction of sp³-hybridized carbons (Fsp3) is 0.235. The fourth-order valence-corrected chi connectivity index (χ4v) is 3.68. The van der Waals surface area contributed by atoms with Crippen LogP contribution in [0, 0.1) is 5.82 Å². The van der Waals surface area contributed by atoms with Crippen molar-refractivity contribution in [1.82, 2.24) is 9.38 Å². The molecule has 3 aromatic rings. The van der Waals surface area contributed by atoms with Gasteiger partial charge in [0.25, 0.3) is 0 Å². The van der Waals surface area contributed by atoms with Crippen LogP contribution in [0.15, 0.2) is 41.0 Å². The predicted molar refractivity (Wildman–Crippen MR) is 87.3 cm³/mol. The van der Waals surface area contributed by atoms with Gasteiger partial charge in [-0.25, -0.2) is 9.37 Å². The molecule has 4 nitrogen and oxygen atoms in total. The van der Waals surface area contributed by atoms with Gasteiger partial charge in [-0.05, 0) is 28.4 Å². The van der Waals surface area contributed by atoms with Gasteiger partial charge in [-0.1, -0.05) is 18.2 Å². The van der Waals surface area contributed by atoms with Crippen molar-refractivity contribution in [2.45, 2.75) is 25.1 Å². The van der Waals surface area contributed by atoms with Crippen LogP contribution in [0.2, 0.25) is 0 Å². The number of hydrogen-bond acceptors (Lipinski definition) is 3. The summed E-state index contributed by atoms with van der Waals surface area (Å²) >= 11 is 3.14. The number of pyridine rings is 1. The van der Waals surface area contributed by atoms with Crippen molar-refractivity contribution in [3.8, 4) is 5.75 Å². The van der Waals surface area contributed by atoms with Gasteiger partial charge in [0.1, 0.15) is 17.2 Å². The quantitative estimate of drug-likeness (QED) is 0.693. The molecule has 0 spiro atoms. The first-order valence-corrected chi connectivity index (χ1v) is 8.33. The first-order valence-electron chi connectivity index (χ1n) is 7.54. The van der Waals surface area contributed by atoms with E-state index >= 15 is 0 Å². The van der Waals surface area contributed by atoms with Crippen LogP contribution in [0.1, 0.15) is 35.4 Å². The van der Waals surface area contributed by atoms with Gasteiger partial charge in [-0.15, -0.1) is 0 Å². The van der Waals surface area contributed by atoms with Gasteiger partial charge < -0.3 is 14.2 Å². The Morgan fingerprint density at radius 1 is 1.32 bits per heavy atom. The van der Waals surface area contributed by atoms with Gasteiger partial charge in [0.05, 0.1) is 22.0 Å². The number of benzene rings is 1. The van der Waals surface area contributed by atoms with Crippen LogP contribution in [-0.2, 0) is 0 Å². The van der Waals surface area contributed by atoms with Gasteiger partial charge in [-0.2, -0.15) is 8.78 Å². The van der Waals surface area contributed by atoms with Gasteiger partial charge in [-0.3, -0.25) is 0 Å². The van der Waals surface area contributed by atoms with E-state index in [1.54, 1.807) is 22.6 Å². The molecule has 0 amide bonds. The highest BCUT2D eigenvalue weighted by Gasteiger charge is 2.37. The van der Waals surface area contributed by atoms with E-state index in [0.29, 0.717) is 29.0 Å². The van der Waals surface area contributed by atoms with E-state index in [4.69, 9.17) is 0 Å². The van der Waals surface area contributed by atoms with Gasteiger partial charge >= 0.3 is 6.61 Å². The van der Waals surface area contributed by atoms with E-state index in [1.807, 2.05) is 0 Å². The van der Waals surface area contributed by atoms with Crippen LogP contribution in [0.4, 0.5) is 13.2 Å². The van der Waals surface area contributed by atoms with Crippen LogP contribution >= 0.6 is 15.9 Å². The minimum absolute atomic E-state index is 0.0543. The maximum atomic E-state index is 13.8. The molecule has 2 heterocycles. The third-order valence-corrected chi connectivity index (χ3v) is 4.93. The number of aliphatic hydroxyl groups excluding tert-OH is 1. The van der Waals surface area contributed by atoms with Crippen LogP contribution in [-0.4, -0.2) is 21.1 Å². The number of para-hydroxylation sites is 1. The van der Waals surface area contributed by atoms with Gasteiger partial charge in [0.2, 0.25) is 0 Å². The number of rotatable bonds is 3. The molecule has 2 aromatic heterocycles. The van der Waals surface area contributed by atoms with Crippen molar-refractivity contribution >= 4 is 21.6 Å². The zero-order valence-corrected chi connectivity index (χ0v) is 14.3. The van der Waals surface area contributed by atoms with E-state index in [0.717, 1.165) is 0 Å². The third-order valence-electron chi connectivity index (χ3n) is 4.35. The zero-order chi connectivity index (χ0) is 17.7. The van der Waals surface area contributed by atoms with Crippen LogP contribution in [0.5, 0.6) is 5.75 Å². The van der Waals surface area contributed by atoms with E-state index in [2.05, 4.69) is 25.7 Å². The molecular formula is C17H12BrF3N2O2. The maximum Gasteiger partial charge on any atom is 0.387 e. The summed E-state index contributed by atoms with van der Waals surface area (Å²) < 4.78 is 45.7. The Bertz CT molecular complexity index is 960. The molecule has 0 saturated heterocycles. The Kier molecular flexibility index (Phi) is 3.96. The normalized spacial score (nSPS) is 19.6. The highest BCUT2D eigenvalue weighted by Crippen LogP contribution is 2.46. The van der Waals surface area contributed by atoms with E-state index in [-0.39, 0.29) is 10.2 Å². The Morgan fingerprint density at radius 2 is 2.08 bits per heavy atom. The van der Waals surface area contributed by atoms with Gasteiger partial charge in [0.15, 0.2) is 0 Å². The number of halogens is 4. The summed E-state index contributed by atoms with van der Waals surface area (Å²) in [5.41, 5.74) is 1.95. The lowest BCUT2D eigenvalue weighted by atomic mass is 9.95. The number of nitrogens with zero attached hydrogens (tertiary/aromatic N) is 2. The summed E-state index contributed by atoms with van der Waals surface area (Å²) in [5.74, 6) is -0.811. The summed E-state index contributed by atoms with van der Waals surface area (Å²) in [7, 11) is 0. The molecule has 0 bridgehead atoms. The highest BCUT2D eigenvalue weighted by molar-refractivity contribution is 9.10. The summed E-state index contributed by atoms with van der Waals surface area (Å²) in [6.45, 7) is -2.95. The molecule has 0 aliphatic heterocycles. The molecule has 1 aliphatic rings. The third kappa shape index (κ3) is 2.69. The first-order chi connectivity index (χ1) is 12.0. The number of alkyl halides is 2. The summed E-state index contributed by atoms with van der Waals surface area (Å²) in [6.07, 6.45) is 0.957. The second-order valence-corrected chi connectivity index (χ2v) is 6.65. The van der Waals surface area contributed by atoms with Crippen LogP contribution < -0.4 is 4.74 Å². The van der Waals surface area contributed by atoms with Crippen molar-refractivity contribution in [1.29, 1.82) is 0 Å². The van der Waals surface area contributed by atoms with Crippen LogP contribution in [0.25, 0.3) is 5.65 Å². The molecule has 0 saturated carbocycles. The van der Waals surface area contributed by atoms with E-state index in [9.17, 15) is 18.3 Å². The summed E-state index contributed by atoms with van der Waals surface area (Å²) in [4.78, 5) is 4.31. The molecule has 8 heteroatoms. The summed E-state index contributed by atoms with van der Waals surface area (Å²) in [5, 5.41) is 10.4. The fourth-order valence-electron chi connectivity index (χ4n) is 3.36. The SMILES string of the molecule is OC1C[C@H](c2ccccc2OC(F)F)c2c1nc1cc(F)c(Br)cn21. The first kappa shape index (κ1) is 16.4. The largest absolute Gasteiger partial charge is 0.435 e. The number of aliphatic hydroxyl groups is 1. The molecule has 25 heavy (non-hydrogen) atoms. The van der Waals surface area contributed by atoms with E-state index in [1.165, 1.54) is 18.3 Å². The molecule has 2 atom stereocenters.